The molecule has 2 aromatic rings. The molecule has 1 saturated carbocycles. The van der Waals surface area contributed by atoms with Crippen molar-refractivity contribution in [3.63, 3.8) is 0 Å². The topological polar surface area (TPSA) is 50.9 Å². The van der Waals surface area contributed by atoms with Crippen molar-refractivity contribution >= 4 is 32.4 Å². The summed E-state index contributed by atoms with van der Waals surface area (Å²) in [4.78, 5) is 4.62. The van der Waals surface area contributed by atoms with Crippen molar-refractivity contribution in [1.82, 2.24) is 4.98 Å². The van der Waals surface area contributed by atoms with E-state index in [1.165, 1.54) is 30.4 Å². The minimum absolute atomic E-state index is 0.589. The van der Waals surface area contributed by atoms with Crippen LogP contribution in [0.3, 0.4) is 0 Å². The minimum Gasteiger partial charge on any atom is -0.399 e. The number of nitrogens with one attached hydrogen (secondary N) is 1. The number of fused-ring (bicyclic) bond motifs is 1. The Hall–Kier alpha value is -1.29. The second-order valence-electron chi connectivity index (χ2n) is 5.36. The first-order chi connectivity index (χ1) is 8.70. The summed E-state index contributed by atoms with van der Waals surface area (Å²) in [5.74, 6) is 0.835. The summed E-state index contributed by atoms with van der Waals surface area (Å²) < 4.78 is 1.17. The molecule has 2 atom stereocenters. The van der Waals surface area contributed by atoms with Crippen molar-refractivity contribution < 1.29 is 0 Å². The first kappa shape index (κ1) is 11.8. The lowest BCUT2D eigenvalue weighted by atomic mass is 9.87. The van der Waals surface area contributed by atoms with Crippen LogP contribution < -0.4 is 11.1 Å². The normalized spacial score (nSPS) is 24.3. The number of hydrogen-bond acceptors (Lipinski definition) is 4. The zero-order chi connectivity index (χ0) is 12.5. The van der Waals surface area contributed by atoms with Gasteiger partial charge in [-0.2, -0.15) is 0 Å². The Balaban J connectivity index is 1.78. The number of aromatic nitrogens is 1. The molecule has 0 radical (unpaired) electrons. The molecule has 1 fully saturated rings. The molecule has 0 amide bonds. The molecule has 1 aromatic carbocycles. The Bertz CT molecular complexity index is 549. The van der Waals surface area contributed by atoms with Crippen LogP contribution in [0.4, 0.5) is 10.8 Å². The van der Waals surface area contributed by atoms with E-state index in [1.54, 1.807) is 11.3 Å². The quantitative estimate of drug-likeness (QED) is 0.807. The molecule has 0 aliphatic heterocycles. The van der Waals surface area contributed by atoms with Crippen LogP contribution in [0.5, 0.6) is 0 Å². The van der Waals surface area contributed by atoms with Crippen LogP contribution in [0, 0.1) is 5.92 Å². The Morgan fingerprint density at radius 2 is 2.28 bits per heavy atom. The zero-order valence-electron chi connectivity index (χ0n) is 10.6. The van der Waals surface area contributed by atoms with Gasteiger partial charge in [0.1, 0.15) is 0 Å². The standard InChI is InChI=1S/C14H19N3S/c1-9-3-2-4-11(7-9)16-14-17-12-6-5-10(15)8-13(12)18-14/h5-6,8-9,11H,2-4,7,15H2,1H3,(H,16,17). The Kier molecular flexibility index (Phi) is 3.12. The monoisotopic (exact) mass is 261 g/mol. The van der Waals surface area contributed by atoms with Crippen LogP contribution in [-0.4, -0.2) is 11.0 Å². The summed E-state index contributed by atoms with van der Waals surface area (Å²) >= 11 is 1.70. The fourth-order valence-corrected chi connectivity index (χ4v) is 3.73. The third-order valence-electron chi connectivity index (χ3n) is 3.68. The minimum atomic E-state index is 0.589. The van der Waals surface area contributed by atoms with Crippen LogP contribution in [0.25, 0.3) is 10.2 Å². The van der Waals surface area contributed by atoms with Crippen molar-refractivity contribution in [3.05, 3.63) is 18.2 Å². The van der Waals surface area contributed by atoms with Gasteiger partial charge in [0.15, 0.2) is 5.13 Å². The molecule has 1 heterocycles. The van der Waals surface area contributed by atoms with Crippen LogP contribution in [0.15, 0.2) is 18.2 Å². The number of nitrogens with zero attached hydrogens (tertiary/aromatic N) is 1. The Morgan fingerprint density at radius 3 is 3.11 bits per heavy atom. The van der Waals surface area contributed by atoms with E-state index in [9.17, 15) is 0 Å². The Labute approximate surface area is 111 Å². The molecule has 1 aromatic heterocycles. The van der Waals surface area contributed by atoms with E-state index in [1.807, 2.05) is 18.2 Å². The van der Waals surface area contributed by atoms with Gasteiger partial charge < -0.3 is 11.1 Å². The highest BCUT2D eigenvalue weighted by Crippen LogP contribution is 2.31. The largest absolute Gasteiger partial charge is 0.399 e. The van der Waals surface area contributed by atoms with Gasteiger partial charge in [0.2, 0.25) is 0 Å². The number of rotatable bonds is 2. The van der Waals surface area contributed by atoms with Crippen LogP contribution >= 0.6 is 11.3 Å². The molecule has 96 valence electrons. The first-order valence-electron chi connectivity index (χ1n) is 6.63. The Morgan fingerprint density at radius 1 is 1.39 bits per heavy atom. The highest BCUT2D eigenvalue weighted by molar-refractivity contribution is 7.22. The first-order valence-corrected chi connectivity index (χ1v) is 7.45. The van der Waals surface area contributed by atoms with Crippen molar-refractivity contribution in [3.8, 4) is 0 Å². The fourth-order valence-electron chi connectivity index (χ4n) is 2.74. The zero-order valence-corrected chi connectivity index (χ0v) is 11.5. The SMILES string of the molecule is CC1CCCC(Nc2nc3ccc(N)cc3s2)C1. The molecule has 18 heavy (non-hydrogen) atoms. The lowest BCUT2D eigenvalue weighted by molar-refractivity contribution is 0.358. The summed E-state index contributed by atoms with van der Waals surface area (Å²) in [5.41, 5.74) is 7.65. The maximum atomic E-state index is 5.79. The molecular formula is C14H19N3S. The van der Waals surface area contributed by atoms with E-state index in [4.69, 9.17) is 5.73 Å². The summed E-state index contributed by atoms with van der Waals surface area (Å²) in [5, 5.41) is 4.62. The number of benzene rings is 1. The molecule has 4 heteroatoms. The van der Waals surface area contributed by atoms with Gasteiger partial charge >= 0.3 is 0 Å². The van der Waals surface area contributed by atoms with Gasteiger partial charge in [-0.05, 0) is 37.0 Å². The van der Waals surface area contributed by atoms with Gasteiger partial charge in [0, 0.05) is 11.7 Å². The second-order valence-corrected chi connectivity index (χ2v) is 6.39. The maximum absolute atomic E-state index is 5.79. The predicted molar refractivity (Wildman–Crippen MR) is 79.1 cm³/mol. The van der Waals surface area contributed by atoms with E-state index >= 15 is 0 Å². The van der Waals surface area contributed by atoms with Gasteiger partial charge in [-0.25, -0.2) is 4.98 Å². The molecule has 2 unspecified atom stereocenters. The van der Waals surface area contributed by atoms with Crippen molar-refractivity contribution in [2.75, 3.05) is 11.1 Å². The average molecular weight is 261 g/mol. The van der Waals surface area contributed by atoms with E-state index in [-0.39, 0.29) is 0 Å². The van der Waals surface area contributed by atoms with Gasteiger partial charge in [0.25, 0.3) is 0 Å². The highest BCUT2D eigenvalue weighted by Gasteiger charge is 2.19. The molecule has 3 N–H and O–H groups in total. The molecule has 0 spiro atoms. The van der Waals surface area contributed by atoms with E-state index in [2.05, 4.69) is 17.2 Å². The lowest BCUT2D eigenvalue weighted by Crippen LogP contribution is -2.25. The number of nitrogens with two attached hydrogens (primary N) is 1. The van der Waals surface area contributed by atoms with Crippen molar-refractivity contribution in [1.29, 1.82) is 0 Å². The molecule has 1 aliphatic carbocycles. The van der Waals surface area contributed by atoms with Crippen molar-refractivity contribution in [2.24, 2.45) is 5.92 Å². The molecular weight excluding hydrogens is 242 g/mol. The van der Waals surface area contributed by atoms with Crippen molar-refractivity contribution in [2.45, 2.75) is 38.6 Å². The lowest BCUT2D eigenvalue weighted by Gasteiger charge is -2.27. The number of anilines is 2. The number of thiazole rings is 1. The molecule has 3 rings (SSSR count). The maximum Gasteiger partial charge on any atom is 0.184 e. The molecule has 1 aliphatic rings. The third kappa shape index (κ3) is 2.43. The highest BCUT2D eigenvalue weighted by atomic mass is 32.1. The van der Waals surface area contributed by atoms with E-state index in [0.717, 1.165) is 22.3 Å². The fraction of sp³-hybridized carbons (Fsp3) is 0.500. The molecule has 3 nitrogen and oxygen atoms in total. The molecule has 0 saturated heterocycles. The third-order valence-corrected chi connectivity index (χ3v) is 4.63. The van der Waals surface area contributed by atoms with Crippen LogP contribution in [-0.2, 0) is 0 Å². The predicted octanol–water partition coefficient (Wildman–Crippen LogP) is 3.87. The summed E-state index contributed by atoms with van der Waals surface area (Å²) in [6, 6.07) is 6.50. The summed E-state index contributed by atoms with van der Waals surface area (Å²) in [7, 11) is 0. The smallest absolute Gasteiger partial charge is 0.184 e. The number of nitrogen functional groups attached to an aromatic ring is 1. The van der Waals surface area contributed by atoms with Gasteiger partial charge in [-0.1, -0.05) is 31.1 Å². The van der Waals surface area contributed by atoms with Gasteiger partial charge in [-0.3, -0.25) is 0 Å². The van der Waals surface area contributed by atoms with E-state index < -0.39 is 0 Å². The van der Waals surface area contributed by atoms with Crippen LogP contribution in [0.1, 0.15) is 32.6 Å². The molecule has 0 bridgehead atoms. The summed E-state index contributed by atoms with van der Waals surface area (Å²) in [6.45, 7) is 2.34. The van der Waals surface area contributed by atoms with Gasteiger partial charge in [0.05, 0.1) is 10.2 Å². The number of hydrogen-bond donors (Lipinski definition) is 2. The van der Waals surface area contributed by atoms with E-state index in [0.29, 0.717) is 6.04 Å². The second kappa shape index (κ2) is 4.76. The average Bonchev–Trinajstić information content (AvgIpc) is 2.70. The summed E-state index contributed by atoms with van der Waals surface area (Å²) in [6.07, 6.45) is 5.23. The van der Waals surface area contributed by atoms with Gasteiger partial charge in [-0.15, -0.1) is 0 Å². The van der Waals surface area contributed by atoms with Crippen LogP contribution in [0.2, 0.25) is 0 Å².